The quantitative estimate of drug-likeness (QED) is 0.248. The smallest absolute Gasteiger partial charge is 0.429 e. The molecule has 10 nitrogen and oxygen atoms in total. The maximum Gasteiger partial charge on any atom is 0.429 e. The predicted octanol–water partition coefficient (Wildman–Crippen LogP) is 3.22. The summed E-state index contributed by atoms with van der Waals surface area (Å²) in [4.78, 5) is 55.2. The van der Waals surface area contributed by atoms with Crippen LogP contribution in [0.25, 0.3) is 0 Å². The number of amides is 3. The van der Waals surface area contributed by atoms with E-state index in [1.54, 1.807) is 12.1 Å². The van der Waals surface area contributed by atoms with Gasteiger partial charge < -0.3 is 9.84 Å². The highest BCUT2D eigenvalue weighted by Crippen LogP contribution is 2.25. The highest BCUT2D eigenvalue weighted by Gasteiger charge is 2.45. The summed E-state index contributed by atoms with van der Waals surface area (Å²) in [5.74, 6) is -2.47. The SMILES string of the molecule is CCCCON(C=O)C[C@@H](CCCC)C(=O)N1[C@H](C(=O)O)CCN1C(=O)OCc1ccccc1. The van der Waals surface area contributed by atoms with Gasteiger partial charge in [0, 0.05) is 13.0 Å². The minimum atomic E-state index is -1.20. The third kappa shape index (κ3) is 7.72. The lowest BCUT2D eigenvalue weighted by Crippen LogP contribution is -2.54. The summed E-state index contributed by atoms with van der Waals surface area (Å²) in [7, 11) is 0. The van der Waals surface area contributed by atoms with E-state index < -0.39 is 29.9 Å². The third-order valence-corrected chi connectivity index (χ3v) is 5.62. The van der Waals surface area contributed by atoms with Crippen LogP contribution in [0.3, 0.4) is 0 Å². The first-order valence-electron chi connectivity index (χ1n) is 11.8. The highest BCUT2D eigenvalue weighted by molar-refractivity contribution is 5.88. The van der Waals surface area contributed by atoms with E-state index in [1.807, 2.05) is 32.0 Å². The molecular weight excluding hydrogens is 442 g/mol. The minimum absolute atomic E-state index is 0.000602. The molecule has 188 valence electrons. The van der Waals surface area contributed by atoms with Crippen LogP contribution in [0.5, 0.6) is 0 Å². The molecule has 0 unspecified atom stereocenters. The van der Waals surface area contributed by atoms with Gasteiger partial charge in [-0.1, -0.05) is 63.4 Å². The summed E-state index contributed by atoms with van der Waals surface area (Å²) in [5.41, 5.74) is 0.773. The highest BCUT2D eigenvalue weighted by atomic mass is 16.7. The van der Waals surface area contributed by atoms with Gasteiger partial charge in [-0.05, 0) is 18.4 Å². The van der Waals surface area contributed by atoms with E-state index in [9.17, 15) is 24.3 Å². The Hall–Kier alpha value is -3.14. The van der Waals surface area contributed by atoms with Gasteiger partial charge in [-0.2, -0.15) is 0 Å². The van der Waals surface area contributed by atoms with E-state index in [0.717, 1.165) is 39.9 Å². The number of ether oxygens (including phenoxy) is 1. The van der Waals surface area contributed by atoms with E-state index in [2.05, 4.69) is 0 Å². The summed E-state index contributed by atoms with van der Waals surface area (Å²) in [6, 6.07) is 7.88. The van der Waals surface area contributed by atoms with Crippen molar-refractivity contribution in [3.63, 3.8) is 0 Å². The molecule has 1 N–H and O–H groups in total. The molecule has 0 bridgehead atoms. The molecule has 1 heterocycles. The van der Waals surface area contributed by atoms with Gasteiger partial charge in [0.25, 0.3) is 0 Å². The average molecular weight is 478 g/mol. The standard InChI is InChI=1S/C24H35N3O7/c1-3-5-12-20(16-25(18-28)34-15-6-4-2)22(29)27-21(23(30)31)13-14-26(27)24(32)33-17-19-10-8-7-9-11-19/h7-11,18,20-21H,3-6,12-17H2,1-2H3,(H,30,31)/t20-,21+/m1/s1. The number of benzene rings is 1. The molecule has 1 saturated heterocycles. The fourth-order valence-electron chi connectivity index (χ4n) is 3.72. The summed E-state index contributed by atoms with van der Waals surface area (Å²) < 4.78 is 5.36. The van der Waals surface area contributed by atoms with Gasteiger partial charge in [-0.25, -0.2) is 24.7 Å². The lowest BCUT2D eigenvalue weighted by Gasteiger charge is -2.33. The molecule has 1 aromatic carbocycles. The number of hydrogen-bond donors (Lipinski definition) is 1. The van der Waals surface area contributed by atoms with E-state index in [0.29, 0.717) is 25.9 Å². The molecular formula is C24H35N3O7. The van der Waals surface area contributed by atoms with Gasteiger partial charge >= 0.3 is 12.1 Å². The zero-order chi connectivity index (χ0) is 24.9. The van der Waals surface area contributed by atoms with Crippen LogP contribution in [0, 0.1) is 5.92 Å². The Balaban J connectivity index is 2.17. The fourth-order valence-corrected chi connectivity index (χ4v) is 3.72. The number of hydrazine groups is 1. The van der Waals surface area contributed by atoms with Crippen molar-refractivity contribution in [1.29, 1.82) is 0 Å². The molecule has 0 spiro atoms. The maximum absolute atomic E-state index is 13.6. The van der Waals surface area contributed by atoms with Crippen LogP contribution >= 0.6 is 0 Å². The number of carboxylic acid groups (broad SMARTS) is 1. The van der Waals surface area contributed by atoms with Crippen LogP contribution in [-0.2, 0) is 30.6 Å². The second-order valence-electron chi connectivity index (χ2n) is 8.22. The maximum atomic E-state index is 13.6. The summed E-state index contributed by atoms with van der Waals surface area (Å²) in [5, 5.41) is 12.8. The molecule has 2 rings (SSSR count). The van der Waals surface area contributed by atoms with Gasteiger partial charge in [-0.3, -0.25) is 14.4 Å². The lowest BCUT2D eigenvalue weighted by molar-refractivity contribution is -0.182. The second kappa shape index (κ2) is 14.2. The molecule has 10 heteroatoms. The van der Waals surface area contributed by atoms with Gasteiger partial charge in [0.1, 0.15) is 6.61 Å². The topological polar surface area (TPSA) is 117 Å². The van der Waals surface area contributed by atoms with Crippen LogP contribution in [0.15, 0.2) is 30.3 Å². The molecule has 2 atom stereocenters. The van der Waals surface area contributed by atoms with Crippen molar-refractivity contribution < 1.29 is 33.9 Å². The normalized spacial score (nSPS) is 16.2. The largest absolute Gasteiger partial charge is 0.480 e. The van der Waals surface area contributed by atoms with E-state index >= 15 is 0 Å². The van der Waals surface area contributed by atoms with Crippen molar-refractivity contribution in [2.45, 2.75) is 65.0 Å². The Labute approximate surface area is 200 Å². The molecule has 3 amide bonds. The number of hydroxylamine groups is 2. The van der Waals surface area contributed by atoms with E-state index in [-0.39, 0.29) is 26.1 Å². The van der Waals surface area contributed by atoms with Crippen molar-refractivity contribution in [2.75, 3.05) is 19.7 Å². The first kappa shape index (κ1) is 27.1. The number of carboxylic acids is 1. The number of nitrogens with zero attached hydrogens (tertiary/aromatic N) is 3. The Morgan fingerprint density at radius 2 is 1.88 bits per heavy atom. The molecule has 1 aliphatic rings. The zero-order valence-electron chi connectivity index (χ0n) is 19.9. The van der Waals surface area contributed by atoms with Crippen molar-refractivity contribution >= 4 is 24.4 Å². The number of carbonyl (C=O) groups is 4. The number of unbranched alkanes of at least 4 members (excludes halogenated alkanes) is 2. The molecule has 0 aromatic heterocycles. The predicted molar refractivity (Wildman–Crippen MR) is 123 cm³/mol. The zero-order valence-corrected chi connectivity index (χ0v) is 19.9. The Kier molecular flexibility index (Phi) is 11.3. The molecule has 0 aliphatic carbocycles. The number of carbonyl (C=O) groups excluding carboxylic acids is 3. The summed E-state index contributed by atoms with van der Waals surface area (Å²) in [6.45, 7) is 4.32. The van der Waals surface area contributed by atoms with Crippen LogP contribution in [-0.4, -0.2) is 70.3 Å². The van der Waals surface area contributed by atoms with Crippen LogP contribution in [0.4, 0.5) is 4.79 Å². The monoisotopic (exact) mass is 477 g/mol. The second-order valence-corrected chi connectivity index (χ2v) is 8.22. The molecule has 1 aliphatic heterocycles. The van der Waals surface area contributed by atoms with Crippen LogP contribution < -0.4 is 0 Å². The first-order valence-corrected chi connectivity index (χ1v) is 11.8. The van der Waals surface area contributed by atoms with Crippen molar-refractivity contribution in [1.82, 2.24) is 15.1 Å². The van der Waals surface area contributed by atoms with Gasteiger partial charge in [-0.15, -0.1) is 0 Å². The number of rotatable bonds is 14. The van der Waals surface area contributed by atoms with E-state index in [1.165, 1.54) is 0 Å². The van der Waals surface area contributed by atoms with Crippen molar-refractivity contribution in [3.8, 4) is 0 Å². The summed E-state index contributed by atoms with van der Waals surface area (Å²) >= 11 is 0. The van der Waals surface area contributed by atoms with Crippen LogP contribution in [0.2, 0.25) is 0 Å². The molecule has 34 heavy (non-hydrogen) atoms. The first-order chi connectivity index (χ1) is 16.4. The fraction of sp³-hybridized carbons (Fsp3) is 0.583. The van der Waals surface area contributed by atoms with Crippen molar-refractivity contribution in [2.24, 2.45) is 5.92 Å². The Morgan fingerprint density at radius 1 is 1.18 bits per heavy atom. The Bertz CT molecular complexity index is 805. The Morgan fingerprint density at radius 3 is 2.50 bits per heavy atom. The minimum Gasteiger partial charge on any atom is -0.480 e. The number of aliphatic carboxylic acids is 1. The molecule has 0 saturated carbocycles. The van der Waals surface area contributed by atoms with Crippen molar-refractivity contribution in [3.05, 3.63) is 35.9 Å². The average Bonchev–Trinajstić information content (AvgIpc) is 3.30. The van der Waals surface area contributed by atoms with E-state index in [4.69, 9.17) is 9.57 Å². The summed E-state index contributed by atoms with van der Waals surface area (Å²) in [6.07, 6.45) is 3.40. The molecule has 0 radical (unpaired) electrons. The third-order valence-electron chi connectivity index (χ3n) is 5.62. The molecule has 1 fully saturated rings. The lowest BCUT2D eigenvalue weighted by atomic mass is 10.00. The van der Waals surface area contributed by atoms with Gasteiger partial charge in [0.05, 0.1) is 19.1 Å². The molecule has 1 aromatic rings. The van der Waals surface area contributed by atoms with Gasteiger partial charge in [0.15, 0.2) is 6.04 Å². The van der Waals surface area contributed by atoms with Crippen LogP contribution in [0.1, 0.15) is 57.9 Å². The number of hydrogen-bond acceptors (Lipinski definition) is 6. The van der Waals surface area contributed by atoms with Gasteiger partial charge in [0.2, 0.25) is 12.3 Å².